The minimum atomic E-state index is -0.550. The summed E-state index contributed by atoms with van der Waals surface area (Å²) in [5.74, 6) is 0.748. The summed E-state index contributed by atoms with van der Waals surface area (Å²) in [7, 11) is 0. The lowest BCUT2D eigenvalue weighted by molar-refractivity contribution is 0.1000. The van der Waals surface area contributed by atoms with E-state index in [-0.39, 0.29) is 0 Å². The molecule has 28 heavy (non-hydrogen) atoms. The van der Waals surface area contributed by atoms with Crippen LogP contribution in [0.5, 0.6) is 5.75 Å². The van der Waals surface area contributed by atoms with Crippen molar-refractivity contribution in [2.24, 2.45) is 11.5 Å². The van der Waals surface area contributed by atoms with Gasteiger partial charge in [0.2, 0.25) is 5.91 Å². The standard InChI is InChI=1S/C21H24N4O3/c1-14-4-2-5-15(10-14)13-28-19-11-16(20(22)26)7-8-18(19)25-21(23)24-12-17-6-3-9-27-17/h2-11,21,24-25H,12-13,23H2,1H3,(H2,22,26). The third-order valence-electron chi connectivity index (χ3n) is 4.13. The number of nitrogens with one attached hydrogen (secondary N) is 2. The zero-order valence-corrected chi connectivity index (χ0v) is 15.6. The fraction of sp³-hybridized carbons (Fsp3) is 0.190. The Bertz CT molecular complexity index is 925. The molecule has 0 aliphatic heterocycles. The van der Waals surface area contributed by atoms with Gasteiger partial charge in [-0.15, -0.1) is 0 Å². The number of benzene rings is 2. The second-order valence-corrected chi connectivity index (χ2v) is 6.44. The van der Waals surface area contributed by atoms with E-state index in [0.717, 1.165) is 16.9 Å². The first-order valence-corrected chi connectivity index (χ1v) is 8.91. The highest BCUT2D eigenvalue weighted by Gasteiger charge is 2.12. The Hall–Kier alpha value is -3.29. The molecule has 0 aliphatic carbocycles. The van der Waals surface area contributed by atoms with E-state index >= 15 is 0 Å². The van der Waals surface area contributed by atoms with Crippen LogP contribution in [-0.4, -0.2) is 12.2 Å². The van der Waals surface area contributed by atoms with Gasteiger partial charge in [0.1, 0.15) is 24.4 Å². The van der Waals surface area contributed by atoms with Crippen molar-refractivity contribution in [2.75, 3.05) is 5.32 Å². The third-order valence-corrected chi connectivity index (χ3v) is 4.13. The van der Waals surface area contributed by atoms with Gasteiger partial charge >= 0.3 is 0 Å². The summed E-state index contributed by atoms with van der Waals surface area (Å²) >= 11 is 0. The summed E-state index contributed by atoms with van der Waals surface area (Å²) in [4.78, 5) is 11.5. The minimum absolute atomic E-state index is 0.355. The average molecular weight is 380 g/mol. The number of aryl methyl sites for hydroxylation is 1. The van der Waals surface area contributed by atoms with Crippen molar-refractivity contribution in [3.05, 3.63) is 83.3 Å². The quantitative estimate of drug-likeness (QED) is 0.424. The van der Waals surface area contributed by atoms with Gasteiger partial charge in [-0.2, -0.15) is 0 Å². The molecule has 0 saturated carbocycles. The molecule has 1 unspecified atom stereocenters. The highest BCUT2D eigenvalue weighted by Crippen LogP contribution is 2.27. The van der Waals surface area contributed by atoms with E-state index in [1.54, 1.807) is 24.5 Å². The van der Waals surface area contributed by atoms with Gasteiger partial charge in [-0.25, -0.2) is 0 Å². The Morgan fingerprint density at radius 2 is 2.04 bits per heavy atom. The van der Waals surface area contributed by atoms with E-state index in [1.807, 2.05) is 43.3 Å². The summed E-state index contributed by atoms with van der Waals surface area (Å²) in [5, 5.41) is 6.24. The first-order chi connectivity index (χ1) is 13.5. The maximum atomic E-state index is 11.5. The van der Waals surface area contributed by atoms with Gasteiger partial charge in [0.05, 0.1) is 18.5 Å². The molecule has 0 radical (unpaired) electrons. The Labute approximate surface area is 163 Å². The molecule has 2 aromatic carbocycles. The fourth-order valence-corrected chi connectivity index (χ4v) is 2.72. The van der Waals surface area contributed by atoms with Crippen LogP contribution in [0, 0.1) is 6.92 Å². The molecule has 146 valence electrons. The average Bonchev–Trinajstić information content (AvgIpc) is 3.19. The molecule has 0 bridgehead atoms. The van der Waals surface area contributed by atoms with E-state index in [0.29, 0.717) is 30.2 Å². The SMILES string of the molecule is Cc1cccc(COc2cc(C(N)=O)ccc2NC(N)NCc2ccco2)c1. The predicted molar refractivity (Wildman–Crippen MR) is 108 cm³/mol. The topological polar surface area (TPSA) is 116 Å². The number of nitrogens with two attached hydrogens (primary N) is 2. The maximum Gasteiger partial charge on any atom is 0.248 e. The van der Waals surface area contributed by atoms with Crippen LogP contribution in [0.15, 0.2) is 65.3 Å². The second-order valence-electron chi connectivity index (χ2n) is 6.44. The maximum absolute atomic E-state index is 11.5. The van der Waals surface area contributed by atoms with Crippen LogP contribution >= 0.6 is 0 Å². The van der Waals surface area contributed by atoms with Gasteiger partial charge < -0.3 is 20.2 Å². The van der Waals surface area contributed by atoms with Gasteiger partial charge in [0, 0.05) is 5.56 Å². The minimum Gasteiger partial charge on any atom is -0.487 e. The van der Waals surface area contributed by atoms with Crippen LogP contribution < -0.4 is 26.8 Å². The molecule has 1 aromatic heterocycles. The molecule has 1 heterocycles. The van der Waals surface area contributed by atoms with Crippen LogP contribution in [0.4, 0.5) is 5.69 Å². The molecule has 1 atom stereocenters. The number of anilines is 1. The van der Waals surface area contributed by atoms with Crippen molar-refractivity contribution in [3.8, 4) is 5.75 Å². The number of carbonyl (C=O) groups excluding carboxylic acids is 1. The Balaban J connectivity index is 1.70. The van der Waals surface area contributed by atoms with Gasteiger partial charge in [-0.1, -0.05) is 29.8 Å². The zero-order chi connectivity index (χ0) is 19.9. The van der Waals surface area contributed by atoms with E-state index in [1.165, 1.54) is 0 Å². The smallest absolute Gasteiger partial charge is 0.248 e. The lowest BCUT2D eigenvalue weighted by Gasteiger charge is -2.19. The number of hydrogen-bond donors (Lipinski definition) is 4. The molecular formula is C21H24N4O3. The summed E-state index contributed by atoms with van der Waals surface area (Å²) < 4.78 is 11.2. The van der Waals surface area contributed by atoms with Gasteiger partial charge in [-0.3, -0.25) is 15.8 Å². The first kappa shape index (κ1) is 19.5. The molecule has 0 aliphatic rings. The van der Waals surface area contributed by atoms with Gasteiger partial charge in [-0.05, 0) is 42.8 Å². The van der Waals surface area contributed by atoms with Gasteiger partial charge in [0.25, 0.3) is 0 Å². The van der Waals surface area contributed by atoms with Crippen molar-refractivity contribution < 1.29 is 13.9 Å². The van der Waals surface area contributed by atoms with Crippen molar-refractivity contribution in [1.82, 2.24) is 5.32 Å². The number of hydrogen-bond acceptors (Lipinski definition) is 6. The molecule has 6 N–H and O–H groups in total. The Morgan fingerprint density at radius 1 is 1.18 bits per heavy atom. The van der Waals surface area contributed by atoms with Gasteiger partial charge in [0.15, 0.2) is 0 Å². The summed E-state index contributed by atoms with van der Waals surface area (Å²) in [6.45, 7) is 2.85. The van der Waals surface area contributed by atoms with Crippen LogP contribution in [0.3, 0.4) is 0 Å². The van der Waals surface area contributed by atoms with E-state index in [2.05, 4.69) is 10.6 Å². The first-order valence-electron chi connectivity index (χ1n) is 8.91. The third kappa shape index (κ3) is 5.35. The van der Waals surface area contributed by atoms with Crippen LogP contribution in [0.25, 0.3) is 0 Å². The molecule has 0 fully saturated rings. The molecule has 3 aromatic rings. The largest absolute Gasteiger partial charge is 0.487 e. The van der Waals surface area contributed by atoms with Crippen LogP contribution in [0.1, 0.15) is 27.2 Å². The predicted octanol–water partition coefficient (Wildman–Crippen LogP) is 2.71. The summed E-state index contributed by atoms with van der Waals surface area (Å²) in [5.41, 5.74) is 14.7. The van der Waals surface area contributed by atoms with E-state index < -0.39 is 12.2 Å². The lowest BCUT2D eigenvalue weighted by Crippen LogP contribution is -2.43. The normalized spacial score (nSPS) is 11.8. The Morgan fingerprint density at radius 3 is 2.75 bits per heavy atom. The number of amides is 1. The number of ether oxygens (including phenoxy) is 1. The molecule has 0 saturated heterocycles. The molecule has 1 amide bonds. The highest BCUT2D eigenvalue weighted by atomic mass is 16.5. The zero-order valence-electron chi connectivity index (χ0n) is 15.6. The highest BCUT2D eigenvalue weighted by molar-refractivity contribution is 5.94. The van der Waals surface area contributed by atoms with E-state index in [4.69, 9.17) is 20.6 Å². The number of carbonyl (C=O) groups is 1. The second kappa shape index (κ2) is 9.07. The monoisotopic (exact) mass is 380 g/mol. The molecule has 7 nitrogen and oxygen atoms in total. The van der Waals surface area contributed by atoms with E-state index in [9.17, 15) is 4.79 Å². The molecule has 0 spiro atoms. The van der Waals surface area contributed by atoms with Crippen LogP contribution in [0.2, 0.25) is 0 Å². The molecule has 3 rings (SSSR count). The number of primary amides is 1. The summed E-state index contributed by atoms with van der Waals surface area (Å²) in [6, 6.07) is 16.7. The molecular weight excluding hydrogens is 356 g/mol. The lowest BCUT2D eigenvalue weighted by atomic mass is 10.1. The van der Waals surface area contributed by atoms with Crippen molar-refractivity contribution >= 4 is 11.6 Å². The van der Waals surface area contributed by atoms with Crippen molar-refractivity contribution in [1.29, 1.82) is 0 Å². The Kier molecular flexibility index (Phi) is 6.31. The number of furan rings is 1. The van der Waals surface area contributed by atoms with Crippen molar-refractivity contribution in [2.45, 2.75) is 26.4 Å². The molecule has 7 heteroatoms. The van der Waals surface area contributed by atoms with Crippen LogP contribution in [-0.2, 0) is 13.2 Å². The van der Waals surface area contributed by atoms with Crippen molar-refractivity contribution in [3.63, 3.8) is 0 Å². The number of rotatable bonds is 9. The fourth-order valence-electron chi connectivity index (χ4n) is 2.72. The summed E-state index contributed by atoms with van der Waals surface area (Å²) in [6.07, 6.45) is 1.06.